The van der Waals surface area contributed by atoms with Crippen LogP contribution in [0.3, 0.4) is 0 Å². The number of nitriles is 1. The first kappa shape index (κ1) is 16.9. The van der Waals surface area contributed by atoms with Crippen molar-refractivity contribution in [2.45, 2.75) is 9.79 Å². The smallest absolute Gasteiger partial charge is 0.265 e. The van der Waals surface area contributed by atoms with Crippen LogP contribution in [0.2, 0.25) is 0 Å². The van der Waals surface area contributed by atoms with Crippen LogP contribution in [-0.2, 0) is 10.0 Å². The Morgan fingerprint density at radius 2 is 1.82 bits per heavy atom. The maximum Gasteiger partial charge on any atom is 0.265 e. The number of nitrogens with zero attached hydrogens (tertiary/aromatic N) is 2. The average molecular weight is 397 g/mol. The summed E-state index contributed by atoms with van der Waals surface area (Å²) in [5, 5.41) is 9.22. The zero-order valence-corrected chi connectivity index (χ0v) is 15.2. The van der Waals surface area contributed by atoms with E-state index in [9.17, 15) is 13.7 Å². The monoisotopic (exact) mass is 396 g/mol. The summed E-state index contributed by atoms with van der Waals surface area (Å²) in [5.41, 5.74) is 0.650. The summed E-state index contributed by atoms with van der Waals surface area (Å²) >= 11 is 4.80. The molecule has 0 aliphatic heterocycles. The molecular formula is C15H13BrN2O2S2. The molecule has 2 rings (SSSR count). The van der Waals surface area contributed by atoms with Crippen LogP contribution in [0.5, 0.6) is 0 Å². The molecule has 0 aromatic heterocycles. The number of rotatable bonds is 4. The van der Waals surface area contributed by atoms with Gasteiger partial charge in [0.2, 0.25) is 0 Å². The van der Waals surface area contributed by atoms with Gasteiger partial charge in [-0.1, -0.05) is 6.07 Å². The second kappa shape index (κ2) is 6.73. The van der Waals surface area contributed by atoms with E-state index in [1.54, 1.807) is 36.0 Å². The lowest BCUT2D eigenvalue weighted by atomic mass is 10.2. The van der Waals surface area contributed by atoms with Gasteiger partial charge in [-0.05, 0) is 58.6 Å². The third-order valence-electron chi connectivity index (χ3n) is 3.16. The van der Waals surface area contributed by atoms with Gasteiger partial charge in [0.25, 0.3) is 10.0 Å². The third-order valence-corrected chi connectivity index (χ3v) is 6.39. The molecule has 4 nitrogen and oxygen atoms in total. The van der Waals surface area contributed by atoms with Gasteiger partial charge in [0, 0.05) is 16.4 Å². The Morgan fingerprint density at radius 3 is 2.36 bits per heavy atom. The predicted octanol–water partition coefficient (Wildman–Crippen LogP) is 3.87. The van der Waals surface area contributed by atoms with Gasteiger partial charge >= 0.3 is 0 Å². The molecule has 0 N–H and O–H groups in total. The van der Waals surface area contributed by atoms with Gasteiger partial charge in [-0.15, -0.1) is 11.8 Å². The molecular weight excluding hydrogens is 384 g/mol. The highest BCUT2D eigenvalue weighted by molar-refractivity contribution is 9.10. The van der Waals surface area contributed by atoms with E-state index in [4.69, 9.17) is 0 Å². The molecule has 0 spiro atoms. The minimum atomic E-state index is -3.80. The van der Waals surface area contributed by atoms with Crippen LogP contribution >= 0.6 is 27.7 Å². The molecule has 114 valence electrons. The number of sulfonamides is 1. The fourth-order valence-corrected chi connectivity index (χ4v) is 4.26. The van der Waals surface area contributed by atoms with Crippen molar-refractivity contribution in [2.24, 2.45) is 0 Å². The van der Waals surface area contributed by atoms with E-state index in [-0.39, 0.29) is 10.5 Å². The summed E-state index contributed by atoms with van der Waals surface area (Å²) < 4.78 is 27.2. The lowest BCUT2D eigenvalue weighted by Gasteiger charge is -2.20. The quantitative estimate of drug-likeness (QED) is 0.735. The Balaban J connectivity index is 2.50. The van der Waals surface area contributed by atoms with E-state index < -0.39 is 10.0 Å². The minimum absolute atomic E-state index is 0.0131. The molecule has 0 saturated heterocycles. The van der Waals surface area contributed by atoms with Crippen molar-refractivity contribution in [3.63, 3.8) is 0 Å². The van der Waals surface area contributed by atoms with Crippen molar-refractivity contribution < 1.29 is 8.42 Å². The summed E-state index contributed by atoms with van der Waals surface area (Å²) in [4.78, 5) is 1.04. The van der Waals surface area contributed by atoms with Gasteiger partial charge < -0.3 is 0 Å². The molecule has 0 aliphatic carbocycles. The van der Waals surface area contributed by atoms with Crippen LogP contribution < -0.4 is 4.31 Å². The normalized spacial score (nSPS) is 11.0. The maximum absolute atomic E-state index is 12.8. The summed E-state index contributed by atoms with van der Waals surface area (Å²) in [5.74, 6) is 0. The molecule has 0 bridgehead atoms. The molecule has 2 aromatic rings. The SMILES string of the molecule is CSc1ccc(N(C)S(=O)(=O)c2cccc(Br)c2C#N)cc1. The van der Waals surface area contributed by atoms with E-state index in [0.717, 1.165) is 4.90 Å². The zero-order chi connectivity index (χ0) is 16.3. The number of thioether (sulfide) groups is 1. The van der Waals surface area contributed by atoms with Crippen LogP contribution in [0.25, 0.3) is 0 Å². The van der Waals surface area contributed by atoms with Crippen molar-refractivity contribution in [1.82, 2.24) is 0 Å². The molecule has 0 heterocycles. The highest BCUT2D eigenvalue weighted by atomic mass is 79.9. The average Bonchev–Trinajstić information content (AvgIpc) is 2.54. The van der Waals surface area contributed by atoms with Crippen molar-refractivity contribution in [3.05, 3.63) is 52.5 Å². The van der Waals surface area contributed by atoms with E-state index in [1.165, 1.54) is 17.4 Å². The molecule has 0 aliphatic rings. The fourth-order valence-electron chi connectivity index (χ4n) is 1.91. The number of halogens is 1. The standard InChI is InChI=1S/C15H13BrN2O2S2/c1-18(11-6-8-12(21-2)9-7-11)22(19,20)15-5-3-4-14(16)13(15)10-17/h3-9H,1-2H3. The fraction of sp³-hybridized carbons (Fsp3) is 0.133. The van der Waals surface area contributed by atoms with Crippen molar-refractivity contribution >= 4 is 43.4 Å². The number of hydrogen-bond acceptors (Lipinski definition) is 4. The van der Waals surface area contributed by atoms with Crippen molar-refractivity contribution in [3.8, 4) is 6.07 Å². The van der Waals surface area contributed by atoms with Crippen LogP contribution in [0.1, 0.15) is 5.56 Å². The van der Waals surface area contributed by atoms with Crippen LogP contribution in [0, 0.1) is 11.3 Å². The van der Waals surface area contributed by atoms with E-state index in [2.05, 4.69) is 15.9 Å². The molecule has 0 amide bonds. The van der Waals surface area contributed by atoms with Crippen LogP contribution in [0.15, 0.2) is 56.7 Å². The first-order valence-electron chi connectivity index (χ1n) is 6.23. The molecule has 0 radical (unpaired) electrons. The van der Waals surface area contributed by atoms with Crippen LogP contribution in [0.4, 0.5) is 5.69 Å². The summed E-state index contributed by atoms with van der Waals surface area (Å²) in [6, 6.07) is 13.8. The Hall–Kier alpha value is -1.49. The Morgan fingerprint density at radius 1 is 1.18 bits per heavy atom. The van der Waals surface area contributed by atoms with Gasteiger partial charge in [-0.2, -0.15) is 5.26 Å². The highest BCUT2D eigenvalue weighted by Crippen LogP contribution is 2.29. The lowest BCUT2D eigenvalue weighted by Crippen LogP contribution is -2.27. The first-order chi connectivity index (χ1) is 10.4. The summed E-state index contributed by atoms with van der Waals surface area (Å²) in [6.07, 6.45) is 1.95. The molecule has 0 atom stereocenters. The van der Waals surface area contributed by atoms with Crippen LogP contribution in [-0.4, -0.2) is 21.7 Å². The molecule has 22 heavy (non-hydrogen) atoms. The van der Waals surface area contributed by atoms with Crippen molar-refractivity contribution in [2.75, 3.05) is 17.6 Å². The predicted molar refractivity (Wildman–Crippen MR) is 92.7 cm³/mol. The Kier molecular flexibility index (Phi) is 5.16. The largest absolute Gasteiger partial charge is 0.269 e. The second-order valence-electron chi connectivity index (χ2n) is 4.40. The molecule has 0 saturated carbocycles. The highest BCUT2D eigenvalue weighted by Gasteiger charge is 2.25. The molecule has 7 heteroatoms. The van der Waals surface area contributed by atoms with Gasteiger partial charge in [-0.25, -0.2) is 8.42 Å². The van der Waals surface area contributed by atoms with Crippen molar-refractivity contribution in [1.29, 1.82) is 5.26 Å². The van der Waals surface area contributed by atoms with Gasteiger partial charge in [0.1, 0.15) is 11.0 Å². The van der Waals surface area contributed by atoms with E-state index >= 15 is 0 Å². The van der Waals surface area contributed by atoms with E-state index in [1.807, 2.05) is 24.5 Å². The van der Waals surface area contributed by atoms with Gasteiger partial charge in [0.15, 0.2) is 0 Å². The topological polar surface area (TPSA) is 61.2 Å². The Bertz CT molecular complexity index is 828. The lowest BCUT2D eigenvalue weighted by molar-refractivity contribution is 0.594. The van der Waals surface area contributed by atoms with Gasteiger partial charge in [0.05, 0.1) is 11.3 Å². The molecule has 2 aromatic carbocycles. The number of hydrogen-bond donors (Lipinski definition) is 0. The maximum atomic E-state index is 12.8. The number of anilines is 1. The second-order valence-corrected chi connectivity index (χ2v) is 8.07. The first-order valence-corrected chi connectivity index (χ1v) is 9.69. The van der Waals surface area contributed by atoms with Gasteiger partial charge in [-0.3, -0.25) is 4.31 Å². The minimum Gasteiger partial charge on any atom is -0.269 e. The summed E-state index contributed by atoms with van der Waals surface area (Å²) in [7, 11) is -2.33. The summed E-state index contributed by atoms with van der Waals surface area (Å²) in [6.45, 7) is 0. The molecule has 0 unspecified atom stereocenters. The zero-order valence-electron chi connectivity index (χ0n) is 11.9. The third kappa shape index (κ3) is 3.14. The molecule has 0 fully saturated rings. The Labute approximate surface area is 142 Å². The number of benzene rings is 2. The van der Waals surface area contributed by atoms with E-state index in [0.29, 0.717) is 10.2 Å².